The van der Waals surface area contributed by atoms with Crippen molar-refractivity contribution in [3.8, 4) is 17.2 Å². The van der Waals surface area contributed by atoms with E-state index in [-0.39, 0.29) is 18.5 Å². The van der Waals surface area contributed by atoms with E-state index < -0.39 is 0 Å². The Bertz CT molecular complexity index is 997. The number of halogens is 1. The lowest BCUT2D eigenvalue weighted by Crippen LogP contribution is -2.35. The van der Waals surface area contributed by atoms with Crippen molar-refractivity contribution in [2.75, 3.05) is 7.11 Å². The van der Waals surface area contributed by atoms with Crippen LogP contribution in [-0.2, 0) is 11.3 Å². The Balaban J connectivity index is 1.72. The zero-order valence-corrected chi connectivity index (χ0v) is 17.3. The number of carbonyl (C=O) groups excluding carboxylic acids is 1. The Morgan fingerprint density at radius 2 is 1.97 bits per heavy atom. The Kier molecular flexibility index (Phi) is 6.67. The molecule has 0 aliphatic heterocycles. The fourth-order valence-electron chi connectivity index (χ4n) is 2.70. The van der Waals surface area contributed by atoms with Crippen LogP contribution in [0, 0.1) is 0 Å². The highest BCUT2D eigenvalue weighted by Crippen LogP contribution is 2.21. The normalized spacial score (nSPS) is 11.2. The van der Waals surface area contributed by atoms with Gasteiger partial charge in [0, 0.05) is 22.7 Å². The van der Waals surface area contributed by atoms with Gasteiger partial charge in [-0.2, -0.15) is 0 Å². The molecule has 0 bridgehead atoms. The Morgan fingerprint density at radius 1 is 1.21 bits per heavy atom. The highest BCUT2D eigenvalue weighted by Gasteiger charge is 2.19. The fourth-order valence-corrected chi connectivity index (χ4v) is 2.82. The van der Waals surface area contributed by atoms with Crippen molar-refractivity contribution in [3.63, 3.8) is 0 Å². The predicted molar refractivity (Wildman–Crippen MR) is 112 cm³/mol. The number of hydrogen-bond donors (Lipinski definition) is 0. The second kappa shape index (κ2) is 9.39. The highest BCUT2D eigenvalue weighted by atomic mass is 35.5. The van der Waals surface area contributed by atoms with Gasteiger partial charge < -0.3 is 14.1 Å². The van der Waals surface area contributed by atoms with Gasteiger partial charge in [-0.1, -0.05) is 23.7 Å². The number of carbonyl (C=O) groups is 1. The van der Waals surface area contributed by atoms with Gasteiger partial charge in [-0.3, -0.25) is 4.79 Å². The molecule has 0 unspecified atom stereocenters. The van der Waals surface area contributed by atoms with Gasteiger partial charge in [-0.25, -0.2) is 0 Å². The van der Waals surface area contributed by atoms with Crippen LogP contribution >= 0.6 is 11.6 Å². The van der Waals surface area contributed by atoms with E-state index in [1.54, 1.807) is 30.2 Å². The number of aromatic nitrogens is 2. The maximum absolute atomic E-state index is 12.7. The van der Waals surface area contributed by atoms with Gasteiger partial charge in [0.05, 0.1) is 13.7 Å². The van der Waals surface area contributed by atoms with Gasteiger partial charge >= 0.3 is 0 Å². The van der Waals surface area contributed by atoms with Crippen LogP contribution in [0.15, 0.2) is 59.0 Å². The van der Waals surface area contributed by atoms with E-state index in [1.807, 2.05) is 50.2 Å². The zero-order chi connectivity index (χ0) is 20.8. The van der Waals surface area contributed by atoms with E-state index in [4.69, 9.17) is 20.8 Å². The molecule has 150 valence electrons. The summed E-state index contributed by atoms with van der Waals surface area (Å²) in [5, 5.41) is 8.78. The molecule has 3 aromatic rings. The van der Waals surface area contributed by atoms with E-state index in [2.05, 4.69) is 10.2 Å². The Hall–Kier alpha value is -3.12. The van der Waals surface area contributed by atoms with E-state index in [1.165, 1.54) is 6.08 Å². The molecule has 0 radical (unpaired) electrons. The number of amides is 1. The monoisotopic (exact) mass is 411 g/mol. The van der Waals surface area contributed by atoms with Crippen molar-refractivity contribution < 1.29 is 13.9 Å². The molecule has 3 rings (SSSR count). The van der Waals surface area contributed by atoms with Crippen LogP contribution in [0.25, 0.3) is 17.5 Å². The molecule has 1 heterocycles. The average Bonchev–Trinajstić information content (AvgIpc) is 3.19. The first-order valence-corrected chi connectivity index (χ1v) is 9.55. The number of nitrogens with zero attached hydrogens (tertiary/aromatic N) is 3. The standard InChI is InChI=1S/C22H22ClN3O3/c1-15(2)26(21(27)12-7-16-5-4-6-19(13-16)28-3)14-20-24-25-22(29-20)17-8-10-18(23)11-9-17/h4-13,15H,14H2,1-3H3/b12-7+. The van der Waals surface area contributed by atoms with Crippen LogP contribution in [0.3, 0.4) is 0 Å². The summed E-state index contributed by atoms with van der Waals surface area (Å²) in [4.78, 5) is 14.4. The lowest BCUT2D eigenvalue weighted by Gasteiger charge is -2.23. The topological polar surface area (TPSA) is 68.5 Å². The summed E-state index contributed by atoms with van der Waals surface area (Å²) in [7, 11) is 1.61. The Morgan fingerprint density at radius 3 is 2.66 bits per heavy atom. The minimum absolute atomic E-state index is 0.0386. The van der Waals surface area contributed by atoms with Crippen LogP contribution in [0.2, 0.25) is 5.02 Å². The summed E-state index contributed by atoms with van der Waals surface area (Å²) >= 11 is 5.91. The molecular formula is C22H22ClN3O3. The molecule has 0 atom stereocenters. The van der Waals surface area contributed by atoms with Gasteiger partial charge in [0.1, 0.15) is 5.75 Å². The molecule has 1 aromatic heterocycles. The summed E-state index contributed by atoms with van der Waals surface area (Å²) in [6, 6.07) is 14.6. The summed E-state index contributed by atoms with van der Waals surface area (Å²) in [6.07, 6.45) is 3.29. The molecule has 6 nitrogen and oxygen atoms in total. The second-order valence-electron chi connectivity index (χ2n) is 6.68. The van der Waals surface area contributed by atoms with Crippen molar-refractivity contribution in [1.29, 1.82) is 0 Å². The van der Waals surface area contributed by atoms with Crippen LogP contribution in [-0.4, -0.2) is 34.2 Å². The second-order valence-corrected chi connectivity index (χ2v) is 7.11. The third-order valence-corrected chi connectivity index (χ3v) is 4.53. The predicted octanol–water partition coefficient (Wildman–Crippen LogP) is 4.85. The van der Waals surface area contributed by atoms with Gasteiger partial charge in [-0.15, -0.1) is 10.2 Å². The van der Waals surface area contributed by atoms with Gasteiger partial charge in [0.15, 0.2) is 0 Å². The highest BCUT2D eigenvalue weighted by molar-refractivity contribution is 6.30. The first kappa shape index (κ1) is 20.6. The molecule has 0 fully saturated rings. The van der Waals surface area contributed by atoms with Crippen molar-refractivity contribution in [2.45, 2.75) is 26.4 Å². The molecule has 2 aromatic carbocycles. The van der Waals surface area contributed by atoms with E-state index in [0.29, 0.717) is 16.8 Å². The molecular weight excluding hydrogens is 390 g/mol. The first-order valence-electron chi connectivity index (χ1n) is 9.17. The molecule has 0 saturated heterocycles. The average molecular weight is 412 g/mol. The van der Waals surface area contributed by atoms with Gasteiger partial charge in [0.2, 0.25) is 17.7 Å². The lowest BCUT2D eigenvalue weighted by atomic mass is 10.2. The van der Waals surface area contributed by atoms with Crippen molar-refractivity contribution in [1.82, 2.24) is 15.1 Å². The smallest absolute Gasteiger partial charge is 0.247 e. The molecule has 0 N–H and O–H groups in total. The van der Waals surface area contributed by atoms with Crippen molar-refractivity contribution in [2.24, 2.45) is 0 Å². The molecule has 0 spiro atoms. The molecule has 0 aliphatic carbocycles. The zero-order valence-electron chi connectivity index (χ0n) is 16.5. The van der Waals surface area contributed by atoms with Gasteiger partial charge in [-0.05, 0) is 61.9 Å². The number of methoxy groups -OCH3 is 1. The lowest BCUT2D eigenvalue weighted by molar-refractivity contribution is -0.128. The van der Waals surface area contributed by atoms with Crippen LogP contribution in [0.4, 0.5) is 0 Å². The van der Waals surface area contributed by atoms with E-state index in [0.717, 1.165) is 16.9 Å². The molecule has 1 amide bonds. The van der Waals surface area contributed by atoms with Gasteiger partial charge in [0.25, 0.3) is 0 Å². The van der Waals surface area contributed by atoms with Crippen molar-refractivity contribution >= 4 is 23.6 Å². The number of hydrogen-bond acceptors (Lipinski definition) is 5. The van der Waals surface area contributed by atoms with E-state index in [9.17, 15) is 4.79 Å². The van der Waals surface area contributed by atoms with E-state index >= 15 is 0 Å². The summed E-state index contributed by atoms with van der Waals surface area (Å²) in [5.74, 6) is 1.35. The summed E-state index contributed by atoms with van der Waals surface area (Å²) in [6.45, 7) is 4.10. The first-order chi connectivity index (χ1) is 14.0. The third-order valence-electron chi connectivity index (χ3n) is 4.28. The quantitative estimate of drug-likeness (QED) is 0.520. The van der Waals surface area contributed by atoms with Crippen LogP contribution in [0.1, 0.15) is 25.3 Å². The third kappa shape index (κ3) is 5.45. The Labute approximate surface area is 174 Å². The molecule has 0 saturated carbocycles. The van der Waals surface area contributed by atoms with Crippen LogP contribution < -0.4 is 4.74 Å². The van der Waals surface area contributed by atoms with Crippen LogP contribution in [0.5, 0.6) is 5.75 Å². The number of ether oxygens (including phenoxy) is 1. The number of rotatable bonds is 7. The number of benzene rings is 2. The SMILES string of the molecule is COc1cccc(/C=C/C(=O)N(Cc2nnc(-c3ccc(Cl)cc3)o2)C(C)C)c1. The van der Waals surface area contributed by atoms with Crippen molar-refractivity contribution in [3.05, 3.63) is 71.1 Å². The summed E-state index contributed by atoms with van der Waals surface area (Å²) in [5.41, 5.74) is 1.65. The molecule has 7 heteroatoms. The molecule has 0 aliphatic rings. The summed E-state index contributed by atoms with van der Waals surface area (Å²) < 4.78 is 10.9. The fraction of sp³-hybridized carbons (Fsp3) is 0.227. The minimum atomic E-state index is -0.144. The maximum atomic E-state index is 12.7. The molecule has 29 heavy (non-hydrogen) atoms. The largest absolute Gasteiger partial charge is 0.497 e. The minimum Gasteiger partial charge on any atom is -0.497 e. The maximum Gasteiger partial charge on any atom is 0.247 e.